The molecule has 0 unspecified atom stereocenters. The van der Waals surface area contributed by atoms with E-state index < -0.39 is 0 Å². The summed E-state index contributed by atoms with van der Waals surface area (Å²) in [7, 11) is 1.59. The Bertz CT molecular complexity index is 907. The van der Waals surface area contributed by atoms with E-state index in [1.165, 1.54) is 0 Å². The minimum absolute atomic E-state index is 0.0732. The maximum absolute atomic E-state index is 12.7. The SMILES string of the molecule is CCCN(CC(=O)Nc1ccc(C(=O)NC)cc1)C1CCN(C(=O)c2ccccc2)CC1. The zero-order valence-electron chi connectivity index (χ0n) is 18.8. The van der Waals surface area contributed by atoms with Crippen molar-refractivity contribution in [3.63, 3.8) is 0 Å². The molecule has 170 valence electrons. The van der Waals surface area contributed by atoms with E-state index >= 15 is 0 Å². The van der Waals surface area contributed by atoms with Gasteiger partial charge in [0.1, 0.15) is 0 Å². The second-order valence-corrected chi connectivity index (χ2v) is 8.06. The van der Waals surface area contributed by atoms with Crippen molar-refractivity contribution in [1.82, 2.24) is 15.1 Å². The number of hydrogen-bond donors (Lipinski definition) is 2. The molecule has 0 bridgehead atoms. The molecule has 2 N–H and O–H groups in total. The number of rotatable bonds is 8. The Balaban J connectivity index is 1.53. The van der Waals surface area contributed by atoms with Crippen LogP contribution >= 0.6 is 0 Å². The van der Waals surface area contributed by atoms with Crippen LogP contribution in [0.2, 0.25) is 0 Å². The highest BCUT2D eigenvalue weighted by molar-refractivity contribution is 5.96. The molecular formula is C25H32N4O3. The fraction of sp³-hybridized carbons (Fsp3) is 0.400. The summed E-state index contributed by atoms with van der Waals surface area (Å²) in [5, 5.41) is 5.51. The van der Waals surface area contributed by atoms with Crippen LogP contribution in [0.15, 0.2) is 54.6 Å². The van der Waals surface area contributed by atoms with Gasteiger partial charge in [-0.15, -0.1) is 0 Å². The van der Waals surface area contributed by atoms with E-state index in [4.69, 9.17) is 0 Å². The number of anilines is 1. The van der Waals surface area contributed by atoms with Gasteiger partial charge in [0.05, 0.1) is 6.54 Å². The number of amides is 3. The van der Waals surface area contributed by atoms with Gasteiger partial charge in [-0.3, -0.25) is 19.3 Å². The minimum atomic E-state index is -0.158. The summed E-state index contributed by atoms with van der Waals surface area (Å²) in [6.45, 7) is 4.64. The van der Waals surface area contributed by atoms with E-state index in [1.54, 1.807) is 31.3 Å². The first kappa shape index (κ1) is 23.5. The van der Waals surface area contributed by atoms with Crippen molar-refractivity contribution in [3.8, 4) is 0 Å². The molecule has 0 saturated carbocycles. The molecule has 3 rings (SSSR count). The molecule has 1 fully saturated rings. The predicted molar refractivity (Wildman–Crippen MR) is 126 cm³/mol. The van der Waals surface area contributed by atoms with Gasteiger partial charge in [0.2, 0.25) is 5.91 Å². The first-order valence-electron chi connectivity index (χ1n) is 11.2. The van der Waals surface area contributed by atoms with Crippen LogP contribution in [0.25, 0.3) is 0 Å². The molecule has 2 aromatic carbocycles. The van der Waals surface area contributed by atoms with Gasteiger partial charge < -0.3 is 15.5 Å². The number of nitrogens with one attached hydrogen (secondary N) is 2. The summed E-state index contributed by atoms with van der Waals surface area (Å²) in [4.78, 5) is 41.2. The summed E-state index contributed by atoms with van der Waals surface area (Å²) < 4.78 is 0. The number of piperidine rings is 1. The molecule has 0 spiro atoms. The fourth-order valence-electron chi connectivity index (χ4n) is 4.11. The van der Waals surface area contributed by atoms with Gasteiger partial charge in [0.15, 0.2) is 0 Å². The number of carbonyl (C=O) groups excluding carboxylic acids is 3. The Morgan fingerprint density at radius 1 is 0.969 bits per heavy atom. The summed E-state index contributed by atoms with van der Waals surface area (Å²) in [6, 6.07) is 16.5. The lowest BCUT2D eigenvalue weighted by Gasteiger charge is -2.38. The molecule has 7 nitrogen and oxygen atoms in total. The van der Waals surface area contributed by atoms with E-state index in [0.29, 0.717) is 30.9 Å². The lowest BCUT2D eigenvalue weighted by Crippen LogP contribution is -2.49. The minimum Gasteiger partial charge on any atom is -0.355 e. The van der Waals surface area contributed by atoms with Gasteiger partial charge in [-0.2, -0.15) is 0 Å². The van der Waals surface area contributed by atoms with E-state index in [1.807, 2.05) is 35.2 Å². The average Bonchev–Trinajstić information content (AvgIpc) is 2.84. The first-order chi connectivity index (χ1) is 15.5. The van der Waals surface area contributed by atoms with E-state index in [2.05, 4.69) is 22.5 Å². The quantitative estimate of drug-likeness (QED) is 0.667. The van der Waals surface area contributed by atoms with Gasteiger partial charge in [-0.05, 0) is 62.2 Å². The van der Waals surface area contributed by atoms with Crippen molar-refractivity contribution >= 4 is 23.4 Å². The zero-order valence-corrected chi connectivity index (χ0v) is 18.8. The second kappa shape index (κ2) is 11.4. The Labute approximate surface area is 189 Å². The molecule has 0 aromatic heterocycles. The number of benzene rings is 2. The van der Waals surface area contributed by atoms with Crippen molar-refractivity contribution in [2.45, 2.75) is 32.2 Å². The monoisotopic (exact) mass is 436 g/mol. The average molecular weight is 437 g/mol. The lowest BCUT2D eigenvalue weighted by molar-refractivity contribution is -0.118. The third-order valence-electron chi connectivity index (χ3n) is 5.80. The van der Waals surface area contributed by atoms with Crippen molar-refractivity contribution in [2.75, 3.05) is 38.5 Å². The third kappa shape index (κ3) is 6.17. The molecule has 1 aliphatic heterocycles. The molecule has 1 saturated heterocycles. The van der Waals surface area contributed by atoms with Crippen LogP contribution in [-0.2, 0) is 4.79 Å². The molecule has 3 amide bonds. The molecule has 0 atom stereocenters. The number of carbonyl (C=O) groups is 3. The van der Waals surface area contributed by atoms with Crippen LogP contribution in [0.1, 0.15) is 46.9 Å². The molecular weight excluding hydrogens is 404 g/mol. The zero-order chi connectivity index (χ0) is 22.9. The predicted octanol–water partition coefficient (Wildman–Crippen LogP) is 3.00. The summed E-state index contributed by atoms with van der Waals surface area (Å²) in [5.74, 6) is -0.160. The highest BCUT2D eigenvalue weighted by Gasteiger charge is 2.28. The first-order valence-corrected chi connectivity index (χ1v) is 11.2. The van der Waals surface area contributed by atoms with Gasteiger partial charge >= 0.3 is 0 Å². The molecule has 1 heterocycles. The van der Waals surface area contributed by atoms with Gasteiger partial charge in [-0.1, -0.05) is 25.1 Å². The Morgan fingerprint density at radius 3 is 2.22 bits per heavy atom. The molecule has 0 radical (unpaired) electrons. The number of nitrogens with zero attached hydrogens (tertiary/aromatic N) is 2. The maximum Gasteiger partial charge on any atom is 0.253 e. The standard InChI is InChI=1S/C25H32N4O3/c1-3-15-29(18-23(30)27-21-11-9-19(10-12-21)24(31)26-2)22-13-16-28(17-14-22)25(32)20-7-5-4-6-8-20/h4-12,22H,3,13-18H2,1-2H3,(H,26,31)(H,27,30). The fourth-order valence-corrected chi connectivity index (χ4v) is 4.11. The number of likely N-dealkylation sites (tertiary alicyclic amines) is 1. The summed E-state index contributed by atoms with van der Waals surface area (Å²) in [5.41, 5.74) is 1.94. The van der Waals surface area contributed by atoms with Gasteiger partial charge in [0, 0.05) is 43.0 Å². The molecule has 32 heavy (non-hydrogen) atoms. The van der Waals surface area contributed by atoms with Crippen LogP contribution < -0.4 is 10.6 Å². The third-order valence-corrected chi connectivity index (χ3v) is 5.80. The van der Waals surface area contributed by atoms with Crippen LogP contribution in [0.5, 0.6) is 0 Å². The van der Waals surface area contributed by atoms with Gasteiger partial charge in [0.25, 0.3) is 11.8 Å². The Morgan fingerprint density at radius 2 is 1.62 bits per heavy atom. The van der Waals surface area contributed by atoms with Crippen molar-refractivity contribution in [3.05, 3.63) is 65.7 Å². The van der Waals surface area contributed by atoms with Crippen molar-refractivity contribution in [1.29, 1.82) is 0 Å². The summed E-state index contributed by atoms with van der Waals surface area (Å²) >= 11 is 0. The maximum atomic E-state index is 12.7. The molecule has 2 aromatic rings. The second-order valence-electron chi connectivity index (χ2n) is 8.06. The van der Waals surface area contributed by atoms with E-state index in [-0.39, 0.29) is 23.8 Å². The van der Waals surface area contributed by atoms with Crippen LogP contribution in [0, 0.1) is 0 Å². The molecule has 7 heteroatoms. The highest BCUT2D eigenvalue weighted by atomic mass is 16.2. The van der Waals surface area contributed by atoms with E-state index in [0.717, 1.165) is 31.4 Å². The number of hydrogen-bond acceptors (Lipinski definition) is 4. The normalized spacial score (nSPS) is 14.3. The largest absolute Gasteiger partial charge is 0.355 e. The van der Waals surface area contributed by atoms with Crippen molar-refractivity contribution in [2.24, 2.45) is 0 Å². The van der Waals surface area contributed by atoms with Crippen molar-refractivity contribution < 1.29 is 14.4 Å². The van der Waals surface area contributed by atoms with E-state index in [9.17, 15) is 14.4 Å². The summed E-state index contributed by atoms with van der Waals surface area (Å²) in [6.07, 6.45) is 2.66. The molecule has 1 aliphatic rings. The van der Waals surface area contributed by atoms with Crippen LogP contribution in [-0.4, -0.2) is 66.8 Å². The van der Waals surface area contributed by atoms with Gasteiger partial charge in [-0.25, -0.2) is 0 Å². The molecule has 0 aliphatic carbocycles. The lowest BCUT2D eigenvalue weighted by atomic mass is 10.0. The van der Waals surface area contributed by atoms with Crippen LogP contribution in [0.4, 0.5) is 5.69 Å². The topological polar surface area (TPSA) is 81.8 Å². The Kier molecular flexibility index (Phi) is 8.39. The highest BCUT2D eigenvalue weighted by Crippen LogP contribution is 2.19. The Hall–Kier alpha value is -3.19. The smallest absolute Gasteiger partial charge is 0.253 e. The van der Waals surface area contributed by atoms with Crippen LogP contribution in [0.3, 0.4) is 0 Å².